The highest BCUT2D eigenvalue weighted by molar-refractivity contribution is 6.04. The summed E-state index contributed by atoms with van der Waals surface area (Å²) in [6, 6.07) is 5.79. The lowest BCUT2D eigenvalue weighted by atomic mass is 9.94. The molecule has 4 nitrogen and oxygen atoms in total. The number of H-pyrrole nitrogens is 1. The predicted molar refractivity (Wildman–Crippen MR) is 85.1 cm³/mol. The first-order valence-corrected chi connectivity index (χ1v) is 7.78. The Kier molecular flexibility index (Phi) is 4.03. The van der Waals surface area contributed by atoms with Crippen molar-refractivity contribution in [1.82, 2.24) is 10.3 Å². The van der Waals surface area contributed by atoms with Crippen molar-refractivity contribution in [3.05, 3.63) is 58.2 Å². The molecule has 0 bridgehead atoms. The van der Waals surface area contributed by atoms with Crippen LogP contribution in [0.15, 0.2) is 24.3 Å². The van der Waals surface area contributed by atoms with Crippen molar-refractivity contribution in [3.63, 3.8) is 0 Å². The van der Waals surface area contributed by atoms with Crippen LogP contribution in [0.4, 0.5) is 4.39 Å². The average molecular weight is 314 g/mol. The van der Waals surface area contributed by atoms with Crippen LogP contribution >= 0.6 is 0 Å². The average Bonchev–Trinajstić information content (AvgIpc) is 2.86. The maximum Gasteiger partial charge on any atom is 0.268 e. The molecule has 0 aliphatic heterocycles. The Morgan fingerprint density at radius 1 is 1.26 bits per heavy atom. The molecule has 1 aromatic heterocycles. The summed E-state index contributed by atoms with van der Waals surface area (Å²) in [5.41, 5.74) is 3.52. The molecule has 3 rings (SSSR count). The van der Waals surface area contributed by atoms with Crippen LogP contribution in [0.1, 0.15) is 63.5 Å². The number of benzene rings is 1. The molecule has 1 amide bonds. The van der Waals surface area contributed by atoms with Crippen molar-refractivity contribution in [2.75, 3.05) is 0 Å². The van der Waals surface area contributed by atoms with E-state index in [2.05, 4.69) is 10.3 Å². The molecular weight excluding hydrogens is 295 g/mol. The van der Waals surface area contributed by atoms with Crippen LogP contribution in [0.2, 0.25) is 0 Å². The number of hydrogen-bond donors (Lipinski definition) is 2. The topological polar surface area (TPSA) is 62.0 Å². The summed E-state index contributed by atoms with van der Waals surface area (Å²) < 4.78 is 13.0. The van der Waals surface area contributed by atoms with Gasteiger partial charge >= 0.3 is 0 Å². The Labute approximate surface area is 134 Å². The monoisotopic (exact) mass is 314 g/mol. The molecule has 0 spiro atoms. The second-order valence-electron chi connectivity index (χ2n) is 6.00. The molecule has 0 radical (unpaired) electrons. The lowest BCUT2D eigenvalue weighted by Crippen LogP contribution is -2.27. The smallest absolute Gasteiger partial charge is 0.268 e. The third-order valence-electron chi connectivity index (χ3n) is 4.38. The largest absolute Gasteiger partial charge is 0.354 e. The van der Waals surface area contributed by atoms with E-state index in [1.165, 1.54) is 12.1 Å². The van der Waals surface area contributed by atoms with E-state index in [-0.39, 0.29) is 23.5 Å². The summed E-state index contributed by atoms with van der Waals surface area (Å²) in [6.07, 6.45) is 2.15. The number of aryl methyl sites for hydroxylation is 1. The van der Waals surface area contributed by atoms with Crippen molar-refractivity contribution in [3.8, 4) is 0 Å². The van der Waals surface area contributed by atoms with E-state index in [0.717, 1.165) is 24.1 Å². The summed E-state index contributed by atoms with van der Waals surface area (Å²) in [5, 5.41) is 2.89. The molecule has 2 aromatic rings. The van der Waals surface area contributed by atoms with E-state index in [4.69, 9.17) is 0 Å². The second kappa shape index (κ2) is 5.99. The van der Waals surface area contributed by atoms with E-state index in [1.54, 1.807) is 19.1 Å². The maximum absolute atomic E-state index is 13.0. The van der Waals surface area contributed by atoms with Crippen LogP contribution in [-0.2, 0) is 6.42 Å². The van der Waals surface area contributed by atoms with Crippen molar-refractivity contribution in [2.45, 2.75) is 39.2 Å². The van der Waals surface area contributed by atoms with E-state index in [9.17, 15) is 14.0 Å². The fourth-order valence-electron chi connectivity index (χ4n) is 3.10. The first-order chi connectivity index (χ1) is 11.0. The molecule has 1 atom stereocenters. The van der Waals surface area contributed by atoms with Gasteiger partial charge in [0.15, 0.2) is 5.78 Å². The minimum Gasteiger partial charge on any atom is -0.354 e. The third-order valence-corrected chi connectivity index (χ3v) is 4.38. The predicted octanol–water partition coefficient (Wildman–Crippen LogP) is 3.47. The molecule has 0 fully saturated rings. The number of aromatic nitrogens is 1. The van der Waals surface area contributed by atoms with Gasteiger partial charge in [-0.3, -0.25) is 9.59 Å². The number of ketones is 1. The number of rotatable bonds is 3. The first-order valence-electron chi connectivity index (χ1n) is 7.78. The van der Waals surface area contributed by atoms with Gasteiger partial charge in [0.05, 0.1) is 6.04 Å². The zero-order valence-corrected chi connectivity index (χ0v) is 13.2. The molecule has 1 heterocycles. The van der Waals surface area contributed by atoms with Gasteiger partial charge in [-0.15, -0.1) is 0 Å². The first kappa shape index (κ1) is 15.5. The minimum atomic E-state index is -0.307. The summed E-state index contributed by atoms with van der Waals surface area (Å²) in [4.78, 5) is 27.6. The molecule has 5 heteroatoms. The number of aromatic amines is 1. The van der Waals surface area contributed by atoms with Crippen LogP contribution in [0.5, 0.6) is 0 Å². The SMILES string of the molecule is Cc1c(C(=O)NC(C)c2ccc(F)cc2)[nH]c2c1C(=O)CCC2. The number of amides is 1. The minimum absolute atomic E-state index is 0.102. The quantitative estimate of drug-likeness (QED) is 0.911. The van der Waals surface area contributed by atoms with Crippen LogP contribution in [-0.4, -0.2) is 16.7 Å². The Morgan fingerprint density at radius 3 is 2.61 bits per heavy atom. The van der Waals surface area contributed by atoms with Crippen LogP contribution in [0, 0.1) is 12.7 Å². The highest BCUT2D eigenvalue weighted by atomic mass is 19.1. The van der Waals surface area contributed by atoms with Gasteiger partial charge in [-0.25, -0.2) is 4.39 Å². The van der Waals surface area contributed by atoms with Gasteiger partial charge < -0.3 is 10.3 Å². The zero-order chi connectivity index (χ0) is 16.6. The van der Waals surface area contributed by atoms with Crippen LogP contribution in [0.3, 0.4) is 0 Å². The highest BCUT2D eigenvalue weighted by Gasteiger charge is 2.26. The molecule has 23 heavy (non-hydrogen) atoms. The van der Waals surface area contributed by atoms with Gasteiger partial charge in [-0.1, -0.05) is 12.1 Å². The normalized spacial score (nSPS) is 15.2. The van der Waals surface area contributed by atoms with Gasteiger partial charge in [-0.05, 0) is 49.9 Å². The van der Waals surface area contributed by atoms with Crippen molar-refractivity contribution < 1.29 is 14.0 Å². The van der Waals surface area contributed by atoms with E-state index in [0.29, 0.717) is 23.2 Å². The van der Waals surface area contributed by atoms with Crippen LogP contribution < -0.4 is 5.32 Å². The van der Waals surface area contributed by atoms with Gasteiger partial charge in [0.2, 0.25) is 0 Å². The van der Waals surface area contributed by atoms with E-state index in [1.807, 2.05) is 6.92 Å². The Balaban J connectivity index is 1.81. The lowest BCUT2D eigenvalue weighted by molar-refractivity contribution is 0.0934. The number of hydrogen-bond acceptors (Lipinski definition) is 2. The Morgan fingerprint density at radius 2 is 1.96 bits per heavy atom. The van der Waals surface area contributed by atoms with Gasteiger partial charge in [0.25, 0.3) is 5.91 Å². The van der Waals surface area contributed by atoms with Gasteiger partial charge in [0.1, 0.15) is 11.5 Å². The number of fused-ring (bicyclic) bond motifs is 1. The molecule has 1 aliphatic carbocycles. The lowest BCUT2D eigenvalue weighted by Gasteiger charge is -2.14. The van der Waals surface area contributed by atoms with Crippen molar-refractivity contribution >= 4 is 11.7 Å². The number of Topliss-reactive ketones (excluding diaryl/α,β-unsaturated/α-hetero) is 1. The Hall–Kier alpha value is -2.43. The Bertz CT molecular complexity index is 762. The number of halogens is 1. The van der Waals surface area contributed by atoms with E-state index >= 15 is 0 Å². The number of nitrogens with one attached hydrogen (secondary N) is 2. The summed E-state index contributed by atoms with van der Waals surface area (Å²) in [6.45, 7) is 3.64. The van der Waals surface area contributed by atoms with E-state index < -0.39 is 0 Å². The molecule has 1 unspecified atom stereocenters. The molecule has 0 saturated heterocycles. The molecular formula is C18H19FN2O2. The number of carbonyl (C=O) groups is 2. The molecule has 1 aromatic carbocycles. The fourth-order valence-corrected chi connectivity index (χ4v) is 3.10. The molecule has 1 aliphatic rings. The summed E-state index contributed by atoms with van der Waals surface area (Å²) in [5.74, 6) is -0.453. The number of carbonyl (C=O) groups excluding carboxylic acids is 2. The summed E-state index contributed by atoms with van der Waals surface area (Å²) >= 11 is 0. The second-order valence-corrected chi connectivity index (χ2v) is 6.00. The van der Waals surface area contributed by atoms with Gasteiger partial charge in [-0.2, -0.15) is 0 Å². The molecule has 2 N–H and O–H groups in total. The highest BCUT2D eigenvalue weighted by Crippen LogP contribution is 2.26. The zero-order valence-electron chi connectivity index (χ0n) is 13.2. The van der Waals surface area contributed by atoms with Crippen molar-refractivity contribution in [1.29, 1.82) is 0 Å². The standard InChI is InChI=1S/C18H19FN2O2/c1-10-16-14(4-3-5-15(16)22)21-17(10)18(23)20-11(2)12-6-8-13(19)9-7-12/h6-9,11,21H,3-5H2,1-2H3,(H,20,23). The van der Waals surface area contributed by atoms with Crippen LogP contribution in [0.25, 0.3) is 0 Å². The van der Waals surface area contributed by atoms with Gasteiger partial charge in [0, 0.05) is 17.7 Å². The third kappa shape index (κ3) is 2.91. The fraction of sp³-hybridized carbons (Fsp3) is 0.333. The summed E-state index contributed by atoms with van der Waals surface area (Å²) in [7, 11) is 0. The molecule has 0 saturated carbocycles. The maximum atomic E-state index is 13.0. The molecule has 120 valence electrons. The van der Waals surface area contributed by atoms with Crippen molar-refractivity contribution in [2.24, 2.45) is 0 Å².